The van der Waals surface area contributed by atoms with Crippen LogP contribution in [0.25, 0.3) is 0 Å². The van der Waals surface area contributed by atoms with Crippen molar-refractivity contribution < 1.29 is 17.6 Å². The van der Waals surface area contributed by atoms with Gasteiger partial charge in [0.15, 0.2) is 0 Å². The number of hydrogen-bond donors (Lipinski definition) is 2. The van der Waals surface area contributed by atoms with Crippen LogP contribution in [0.1, 0.15) is 39.7 Å². The maximum absolute atomic E-state index is 14.1. The van der Waals surface area contributed by atoms with Gasteiger partial charge in [-0.1, -0.05) is 11.6 Å². The average molecular weight is 389 g/mol. The summed E-state index contributed by atoms with van der Waals surface area (Å²) < 4.78 is 37.2. The van der Waals surface area contributed by atoms with Crippen molar-refractivity contribution in [1.29, 1.82) is 0 Å². The molecule has 0 saturated heterocycles. The van der Waals surface area contributed by atoms with Gasteiger partial charge in [0.05, 0.1) is 20.8 Å². The number of thiophene rings is 1. The number of amides is 1. The Kier molecular flexibility index (Phi) is 4.65. The predicted octanol–water partition coefficient (Wildman–Crippen LogP) is 3.00. The van der Waals surface area contributed by atoms with Gasteiger partial charge in [-0.2, -0.15) is 0 Å². The van der Waals surface area contributed by atoms with E-state index in [4.69, 9.17) is 16.7 Å². The van der Waals surface area contributed by atoms with Crippen molar-refractivity contribution in [2.75, 3.05) is 0 Å². The number of carbonyl (C=O) groups is 1. The highest BCUT2D eigenvalue weighted by Crippen LogP contribution is 2.37. The van der Waals surface area contributed by atoms with E-state index in [1.807, 2.05) is 6.07 Å². The van der Waals surface area contributed by atoms with Gasteiger partial charge in [0.2, 0.25) is 10.0 Å². The molecule has 1 aliphatic rings. The van der Waals surface area contributed by atoms with Gasteiger partial charge in [0.1, 0.15) is 5.82 Å². The molecule has 0 radical (unpaired) electrons. The van der Waals surface area contributed by atoms with Crippen LogP contribution in [0, 0.1) is 5.82 Å². The molecule has 1 amide bonds. The molecule has 0 unspecified atom stereocenters. The molecule has 3 rings (SSSR count). The number of benzene rings is 1. The van der Waals surface area contributed by atoms with Crippen molar-refractivity contribution in [2.24, 2.45) is 5.14 Å². The first-order valence-electron chi connectivity index (χ1n) is 7.17. The van der Waals surface area contributed by atoms with E-state index < -0.39 is 21.7 Å². The summed E-state index contributed by atoms with van der Waals surface area (Å²) in [7, 11) is -4.02. The third-order valence-electron chi connectivity index (χ3n) is 3.90. The summed E-state index contributed by atoms with van der Waals surface area (Å²) in [5.74, 6) is -1.54. The molecule has 0 spiro atoms. The zero-order valence-corrected chi connectivity index (χ0v) is 14.8. The average Bonchev–Trinajstić information content (AvgIpc) is 2.87. The van der Waals surface area contributed by atoms with Crippen LogP contribution < -0.4 is 10.5 Å². The lowest BCUT2D eigenvalue weighted by atomic mass is 9.94. The minimum Gasteiger partial charge on any atom is -0.345 e. The number of carbonyl (C=O) groups excluding carboxylic acids is 1. The molecule has 1 aliphatic carbocycles. The van der Waals surface area contributed by atoms with Crippen molar-refractivity contribution in [1.82, 2.24) is 5.32 Å². The molecule has 9 heteroatoms. The molecule has 1 aromatic heterocycles. The summed E-state index contributed by atoms with van der Waals surface area (Å²) in [6, 6.07) is 4.57. The van der Waals surface area contributed by atoms with Crippen molar-refractivity contribution in [3.05, 3.63) is 50.4 Å². The standard InChI is InChI=1S/C15H14ClFN2O3S2/c16-14-7-10-12(2-1-3-13(10)23-14)19-15(20)9-5-4-8(6-11(9)17)24(18,21)22/h4-7,12H,1-3H2,(H,19,20)(H2,18,21,22)/t12-/m1/s1. The van der Waals surface area contributed by atoms with E-state index in [-0.39, 0.29) is 16.5 Å². The van der Waals surface area contributed by atoms with Crippen LogP contribution >= 0.6 is 22.9 Å². The van der Waals surface area contributed by atoms with Crippen LogP contribution in [0.2, 0.25) is 4.34 Å². The van der Waals surface area contributed by atoms with E-state index in [1.54, 1.807) is 0 Å². The second-order valence-electron chi connectivity index (χ2n) is 5.53. The molecule has 24 heavy (non-hydrogen) atoms. The number of nitrogens with two attached hydrogens (primary N) is 1. The largest absolute Gasteiger partial charge is 0.345 e. The van der Waals surface area contributed by atoms with E-state index in [0.717, 1.165) is 47.9 Å². The Morgan fingerprint density at radius 3 is 2.79 bits per heavy atom. The number of nitrogens with one attached hydrogen (secondary N) is 1. The lowest BCUT2D eigenvalue weighted by molar-refractivity contribution is 0.0928. The summed E-state index contributed by atoms with van der Waals surface area (Å²) >= 11 is 7.52. The molecule has 2 aromatic rings. The van der Waals surface area contributed by atoms with Gasteiger partial charge in [0, 0.05) is 4.88 Å². The fourth-order valence-electron chi connectivity index (χ4n) is 2.76. The van der Waals surface area contributed by atoms with E-state index in [9.17, 15) is 17.6 Å². The van der Waals surface area contributed by atoms with Crippen LogP contribution in [0.3, 0.4) is 0 Å². The van der Waals surface area contributed by atoms with Gasteiger partial charge in [-0.15, -0.1) is 11.3 Å². The minimum atomic E-state index is -4.02. The molecule has 1 atom stereocenters. The van der Waals surface area contributed by atoms with Gasteiger partial charge in [0.25, 0.3) is 5.91 Å². The first kappa shape index (κ1) is 17.3. The Morgan fingerprint density at radius 2 is 2.12 bits per heavy atom. The molecule has 1 aromatic carbocycles. The van der Waals surface area contributed by atoms with Crippen LogP contribution in [-0.2, 0) is 16.4 Å². The van der Waals surface area contributed by atoms with Crippen molar-refractivity contribution in [3.8, 4) is 0 Å². The van der Waals surface area contributed by atoms with Gasteiger partial charge in [-0.05, 0) is 49.1 Å². The van der Waals surface area contributed by atoms with E-state index in [0.29, 0.717) is 4.34 Å². The first-order valence-corrected chi connectivity index (χ1v) is 9.91. The van der Waals surface area contributed by atoms with Crippen molar-refractivity contribution >= 4 is 38.9 Å². The third-order valence-corrected chi connectivity index (χ3v) is 6.15. The number of hydrogen-bond acceptors (Lipinski definition) is 4. The number of rotatable bonds is 3. The van der Waals surface area contributed by atoms with Crippen molar-refractivity contribution in [2.45, 2.75) is 30.2 Å². The van der Waals surface area contributed by atoms with Crippen LogP contribution in [0.15, 0.2) is 29.2 Å². The lowest BCUT2D eigenvalue weighted by Gasteiger charge is -2.23. The van der Waals surface area contributed by atoms with E-state index in [1.165, 1.54) is 11.3 Å². The summed E-state index contributed by atoms with van der Waals surface area (Å²) in [5.41, 5.74) is 0.738. The maximum atomic E-state index is 14.1. The normalized spacial score (nSPS) is 17.4. The van der Waals surface area contributed by atoms with Gasteiger partial charge in [-0.25, -0.2) is 17.9 Å². The topological polar surface area (TPSA) is 89.3 Å². The molecule has 1 heterocycles. The Bertz CT molecular complexity index is 911. The third kappa shape index (κ3) is 3.46. The molecule has 0 fully saturated rings. The quantitative estimate of drug-likeness (QED) is 0.846. The molecule has 0 bridgehead atoms. The van der Waals surface area contributed by atoms with Crippen LogP contribution in [-0.4, -0.2) is 14.3 Å². The second-order valence-corrected chi connectivity index (χ2v) is 8.86. The van der Waals surface area contributed by atoms with E-state index >= 15 is 0 Å². The van der Waals surface area contributed by atoms with Gasteiger partial charge < -0.3 is 5.32 Å². The molecular weight excluding hydrogens is 375 g/mol. The number of sulfonamides is 1. The molecule has 0 saturated carbocycles. The van der Waals surface area contributed by atoms with Gasteiger partial charge in [-0.3, -0.25) is 4.79 Å². The SMILES string of the molecule is NS(=O)(=O)c1ccc(C(=O)N[C@@H]2CCCc3sc(Cl)cc32)c(F)c1. The number of aryl methyl sites for hydroxylation is 1. The maximum Gasteiger partial charge on any atom is 0.254 e. The van der Waals surface area contributed by atoms with Gasteiger partial charge >= 0.3 is 0 Å². The summed E-state index contributed by atoms with van der Waals surface area (Å²) in [5, 5.41) is 7.74. The number of fused-ring (bicyclic) bond motifs is 1. The Hall–Kier alpha value is -1.48. The number of primary sulfonamides is 1. The molecule has 5 nitrogen and oxygen atoms in total. The lowest BCUT2D eigenvalue weighted by Crippen LogP contribution is -2.31. The van der Waals surface area contributed by atoms with E-state index in [2.05, 4.69) is 5.32 Å². The Labute approximate surface area is 147 Å². The van der Waals surface area contributed by atoms with Crippen LogP contribution in [0.5, 0.6) is 0 Å². The highest BCUT2D eigenvalue weighted by molar-refractivity contribution is 7.89. The zero-order chi connectivity index (χ0) is 17.5. The monoisotopic (exact) mass is 388 g/mol. The zero-order valence-electron chi connectivity index (χ0n) is 12.4. The Balaban J connectivity index is 1.84. The summed E-state index contributed by atoms with van der Waals surface area (Å²) in [4.78, 5) is 13.1. The fourth-order valence-corrected chi connectivity index (χ4v) is 4.67. The molecule has 0 aliphatic heterocycles. The minimum absolute atomic E-state index is 0.226. The summed E-state index contributed by atoms with van der Waals surface area (Å²) in [6.45, 7) is 0. The van der Waals surface area contributed by atoms with Crippen molar-refractivity contribution in [3.63, 3.8) is 0 Å². The first-order chi connectivity index (χ1) is 11.3. The number of halogens is 2. The molecule has 3 N–H and O–H groups in total. The summed E-state index contributed by atoms with van der Waals surface area (Å²) in [6.07, 6.45) is 2.56. The van der Waals surface area contributed by atoms with Crippen LogP contribution in [0.4, 0.5) is 4.39 Å². The molecular formula is C15H14ClFN2O3S2. The molecule has 128 valence electrons. The Morgan fingerprint density at radius 1 is 1.38 bits per heavy atom. The second kappa shape index (κ2) is 6.44. The highest BCUT2D eigenvalue weighted by atomic mass is 35.5. The predicted molar refractivity (Wildman–Crippen MR) is 90.2 cm³/mol. The smallest absolute Gasteiger partial charge is 0.254 e. The fraction of sp³-hybridized carbons (Fsp3) is 0.267. The highest BCUT2D eigenvalue weighted by Gasteiger charge is 2.25.